The van der Waals surface area contributed by atoms with Crippen molar-refractivity contribution >= 4 is 5.91 Å². The number of hydrogen-bond donors (Lipinski definition) is 2. The minimum absolute atomic E-state index is 0.178. The van der Waals surface area contributed by atoms with Gasteiger partial charge in [-0.3, -0.25) is 4.79 Å². The molecule has 2 N–H and O–H groups in total. The first-order valence-corrected chi connectivity index (χ1v) is 6.86. The Labute approximate surface area is 106 Å². The Morgan fingerprint density at radius 3 is 2.06 bits per heavy atom. The van der Waals surface area contributed by atoms with Gasteiger partial charge in [0.1, 0.15) is 0 Å². The molecule has 1 fully saturated rings. The zero-order valence-corrected chi connectivity index (χ0v) is 12.0. The van der Waals surface area contributed by atoms with Gasteiger partial charge in [-0.2, -0.15) is 0 Å². The van der Waals surface area contributed by atoms with Gasteiger partial charge in [-0.05, 0) is 60.3 Å². The summed E-state index contributed by atoms with van der Waals surface area (Å²) in [4.78, 5) is 11.9. The molecule has 1 aliphatic carbocycles. The fourth-order valence-electron chi connectivity index (χ4n) is 2.51. The first-order chi connectivity index (χ1) is 7.78. The Balaban J connectivity index is 2.33. The molecule has 0 radical (unpaired) electrons. The van der Waals surface area contributed by atoms with E-state index in [1.165, 1.54) is 0 Å². The third kappa shape index (κ3) is 5.53. The van der Waals surface area contributed by atoms with Gasteiger partial charge in [0.05, 0.1) is 0 Å². The highest BCUT2D eigenvalue weighted by atomic mass is 16.1. The molecular weight excluding hydrogens is 212 g/mol. The second kappa shape index (κ2) is 5.85. The fourth-order valence-corrected chi connectivity index (χ4v) is 2.51. The predicted octanol–water partition coefficient (Wildman–Crippen LogP) is 2.46. The third-order valence-electron chi connectivity index (χ3n) is 3.17. The summed E-state index contributed by atoms with van der Waals surface area (Å²) in [5.74, 6) is 0.477. The fraction of sp³-hybridized carbons (Fsp3) is 0.929. The van der Waals surface area contributed by atoms with E-state index < -0.39 is 0 Å². The van der Waals surface area contributed by atoms with Gasteiger partial charge >= 0.3 is 0 Å². The molecule has 0 aromatic rings. The van der Waals surface area contributed by atoms with Crippen LogP contribution in [0.1, 0.15) is 60.3 Å². The second-order valence-electron chi connectivity index (χ2n) is 6.61. The first kappa shape index (κ1) is 14.5. The average Bonchev–Trinajstić information content (AvgIpc) is 2.15. The number of nitrogens with one attached hydrogen (secondary N) is 2. The summed E-state index contributed by atoms with van der Waals surface area (Å²) in [6.45, 7) is 10.6. The SMILES string of the molecule is CC(C)NC(=O)C1CCC(NC(C)(C)C)CC1. The van der Waals surface area contributed by atoms with Crippen LogP contribution >= 0.6 is 0 Å². The van der Waals surface area contributed by atoms with Crippen molar-refractivity contribution in [2.24, 2.45) is 5.92 Å². The first-order valence-electron chi connectivity index (χ1n) is 6.86. The van der Waals surface area contributed by atoms with E-state index >= 15 is 0 Å². The number of amides is 1. The van der Waals surface area contributed by atoms with Crippen molar-refractivity contribution in [3.8, 4) is 0 Å². The van der Waals surface area contributed by atoms with Crippen molar-refractivity contribution in [1.29, 1.82) is 0 Å². The van der Waals surface area contributed by atoms with E-state index in [9.17, 15) is 4.79 Å². The Morgan fingerprint density at radius 2 is 1.65 bits per heavy atom. The van der Waals surface area contributed by atoms with Crippen LogP contribution in [0.5, 0.6) is 0 Å². The van der Waals surface area contributed by atoms with E-state index in [-0.39, 0.29) is 23.4 Å². The normalized spacial score (nSPS) is 26.0. The van der Waals surface area contributed by atoms with Crippen LogP contribution in [0, 0.1) is 5.92 Å². The van der Waals surface area contributed by atoms with Gasteiger partial charge in [0.25, 0.3) is 0 Å². The smallest absolute Gasteiger partial charge is 0.223 e. The lowest BCUT2D eigenvalue weighted by atomic mass is 9.84. The van der Waals surface area contributed by atoms with Crippen LogP contribution < -0.4 is 10.6 Å². The molecule has 1 saturated carbocycles. The van der Waals surface area contributed by atoms with Crippen LogP contribution in [0.4, 0.5) is 0 Å². The average molecular weight is 240 g/mol. The quantitative estimate of drug-likeness (QED) is 0.795. The van der Waals surface area contributed by atoms with Gasteiger partial charge in [-0.15, -0.1) is 0 Å². The molecule has 0 aromatic heterocycles. The Morgan fingerprint density at radius 1 is 1.12 bits per heavy atom. The summed E-state index contributed by atoms with van der Waals surface area (Å²) in [7, 11) is 0. The molecule has 0 heterocycles. The zero-order valence-electron chi connectivity index (χ0n) is 12.0. The summed E-state index contributed by atoms with van der Waals surface area (Å²) in [6, 6.07) is 0.839. The number of carbonyl (C=O) groups excluding carboxylic acids is 1. The van der Waals surface area contributed by atoms with Crippen LogP contribution in [0.2, 0.25) is 0 Å². The van der Waals surface area contributed by atoms with Crippen LogP contribution in [0.3, 0.4) is 0 Å². The van der Waals surface area contributed by atoms with Gasteiger partial charge in [0.15, 0.2) is 0 Å². The standard InChI is InChI=1S/C14H28N2O/c1-10(2)15-13(17)11-6-8-12(9-7-11)16-14(3,4)5/h10-12,16H,6-9H2,1-5H3,(H,15,17). The molecule has 0 unspecified atom stereocenters. The predicted molar refractivity (Wildman–Crippen MR) is 71.9 cm³/mol. The van der Waals surface area contributed by atoms with Crippen molar-refractivity contribution in [3.63, 3.8) is 0 Å². The van der Waals surface area contributed by atoms with E-state index in [2.05, 4.69) is 31.4 Å². The highest BCUT2D eigenvalue weighted by molar-refractivity contribution is 5.78. The maximum Gasteiger partial charge on any atom is 0.223 e. The number of hydrogen-bond acceptors (Lipinski definition) is 2. The van der Waals surface area contributed by atoms with Gasteiger partial charge in [0.2, 0.25) is 5.91 Å². The monoisotopic (exact) mass is 240 g/mol. The van der Waals surface area contributed by atoms with E-state index in [1.54, 1.807) is 0 Å². The van der Waals surface area contributed by atoms with Crippen LogP contribution in [-0.2, 0) is 4.79 Å². The molecule has 0 bridgehead atoms. The number of rotatable bonds is 3. The van der Waals surface area contributed by atoms with Gasteiger partial charge in [-0.1, -0.05) is 0 Å². The van der Waals surface area contributed by atoms with Crippen molar-refractivity contribution in [1.82, 2.24) is 10.6 Å². The van der Waals surface area contributed by atoms with E-state index in [1.807, 2.05) is 13.8 Å². The van der Waals surface area contributed by atoms with Crippen LogP contribution in [0.25, 0.3) is 0 Å². The van der Waals surface area contributed by atoms with Crippen molar-refractivity contribution < 1.29 is 4.79 Å². The van der Waals surface area contributed by atoms with Gasteiger partial charge in [-0.25, -0.2) is 0 Å². The second-order valence-corrected chi connectivity index (χ2v) is 6.61. The molecule has 100 valence electrons. The Hall–Kier alpha value is -0.570. The molecule has 1 rings (SSSR count). The molecule has 1 amide bonds. The van der Waals surface area contributed by atoms with E-state index in [4.69, 9.17) is 0 Å². The molecule has 3 heteroatoms. The van der Waals surface area contributed by atoms with Gasteiger partial charge < -0.3 is 10.6 Å². The minimum Gasteiger partial charge on any atom is -0.354 e. The van der Waals surface area contributed by atoms with Crippen molar-refractivity contribution in [2.75, 3.05) is 0 Å². The minimum atomic E-state index is 0.178. The van der Waals surface area contributed by atoms with E-state index in [0.29, 0.717) is 6.04 Å². The maximum absolute atomic E-state index is 11.9. The lowest BCUT2D eigenvalue weighted by molar-refractivity contribution is -0.126. The number of carbonyl (C=O) groups is 1. The summed E-state index contributed by atoms with van der Waals surface area (Å²) >= 11 is 0. The summed E-state index contributed by atoms with van der Waals surface area (Å²) in [6.07, 6.45) is 4.28. The lowest BCUT2D eigenvalue weighted by Gasteiger charge is -2.34. The Bertz CT molecular complexity index is 247. The zero-order chi connectivity index (χ0) is 13.1. The topological polar surface area (TPSA) is 41.1 Å². The van der Waals surface area contributed by atoms with Crippen LogP contribution in [-0.4, -0.2) is 23.5 Å². The third-order valence-corrected chi connectivity index (χ3v) is 3.17. The maximum atomic E-state index is 11.9. The molecule has 1 aliphatic rings. The molecule has 17 heavy (non-hydrogen) atoms. The molecular formula is C14H28N2O. The lowest BCUT2D eigenvalue weighted by Crippen LogP contribution is -2.46. The van der Waals surface area contributed by atoms with Crippen molar-refractivity contribution in [2.45, 2.75) is 77.9 Å². The molecule has 0 atom stereocenters. The van der Waals surface area contributed by atoms with E-state index in [0.717, 1.165) is 25.7 Å². The molecule has 0 spiro atoms. The highest BCUT2D eigenvalue weighted by Gasteiger charge is 2.28. The molecule has 0 aliphatic heterocycles. The molecule has 3 nitrogen and oxygen atoms in total. The summed E-state index contributed by atoms with van der Waals surface area (Å²) in [5, 5.41) is 6.64. The summed E-state index contributed by atoms with van der Waals surface area (Å²) < 4.78 is 0. The highest BCUT2D eigenvalue weighted by Crippen LogP contribution is 2.25. The molecule has 0 aromatic carbocycles. The summed E-state index contributed by atoms with van der Waals surface area (Å²) in [5.41, 5.74) is 0.178. The van der Waals surface area contributed by atoms with Crippen LogP contribution in [0.15, 0.2) is 0 Å². The Kier molecular flexibility index (Phi) is 4.99. The largest absolute Gasteiger partial charge is 0.354 e. The van der Waals surface area contributed by atoms with Gasteiger partial charge in [0, 0.05) is 23.5 Å². The van der Waals surface area contributed by atoms with Crippen molar-refractivity contribution in [3.05, 3.63) is 0 Å². The molecule has 0 saturated heterocycles.